The lowest BCUT2D eigenvalue weighted by molar-refractivity contribution is -0.0242. The van der Waals surface area contributed by atoms with Crippen molar-refractivity contribution in [2.75, 3.05) is 26.7 Å². The third kappa shape index (κ3) is 5.48. The SMILES string of the molecule is C[C@@H]1CN([C@H](C)CO)C(=O)c2c(c3ccccc3n2C)-c2ccccc2CO[C@H]1CN(C)Cc1ccncc1. The molecule has 0 saturated heterocycles. The lowest BCUT2D eigenvalue weighted by Gasteiger charge is -2.35. The fraction of sp³-hybridized carbons (Fsp3) is 0.375. The zero-order valence-electron chi connectivity index (χ0n) is 23.2. The van der Waals surface area contributed by atoms with Crippen LogP contribution in [0.4, 0.5) is 0 Å². The Morgan fingerprint density at radius 3 is 2.59 bits per heavy atom. The minimum absolute atomic E-state index is 0.0336. The number of aryl methyl sites for hydroxylation is 1. The molecule has 2 aromatic carbocycles. The van der Waals surface area contributed by atoms with Gasteiger partial charge in [0.1, 0.15) is 5.69 Å². The lowest BCUT2D eigenvalue weighted by atomic mass is 9.96. The summed E-state index contributed by atoms with van der Waals surface area (Å²) in [7, 11) is 4.05. The highest BCUT2D eigenvalue weighted by molar-refractivity contribution is 6.10. The average Bonchev–Trinajstić information content (AvgIpc) is 3.24. The summed E-state index contributed by atoms with van der Waals surface area (Å²) >= 11 is 0. The van der Waals surface area contributed by atoms with E-state index in [1.807, 2.05) is 72.2 Å². The molecule has 0 saturated carbocycles. The van der Waals surface area contributed by atoms with Gasteiger partial charge in [0.2, 0.25) is 0 Å². The molecule has 0 aliphatic carbocycles. The first-order valence-electron chi connectivity index (χ1n) is 13.7. The third-order valence-electron chi connectivity index (χ3n) is 7.92. The number of amides is 1. The fourth-order valence-corrected chi connectivity index (χ4v) is 5.70. The second kappa shape index (κ2) is 11.7. The Kier molecular flexibility index (Phi) is 8.12. The second-order valence-electron chi connectivity index (χ2n) is 10.8. The monoisotopic (exact) mass is 526 g/mol. The van der Waals surface area contributed by atoms with Gasteiger partial charge >= 0.3 is 0 Å². The molecule has 4 aromatic rings. The summed E-state index contributed by atoms with van der Waals surface area (Å²) in [4.78, 5) is 22.6. The highest BCUT2D eigenvalue weighted by atomic mass is 16.5. The smallest absolute Gasteiger partial charge is 0.271 e. The van der Waals surface area contributed by atoms with Gasteiger partial charge in [0.25, 0.3) is 5.91 Å². The summed E-state index contributed by atoms with van der Waals surface area (Å²) in [5.41, 5.74) is 5.82. The number of aliphatic hydroxyl groups excluding tert-OH is 1. The number of carbonyl (C=O) groups is 1. The number of aliphatic hydroxyl groups is 1. The molecule has 1 aliphatic rings. The number of aromatic nitrogens is 2. The molecule has 3 atom stereocenters. The zero-order chi connectivity index (χ0) is 27.5. The van der Waals surface area contributed by atoms with Crippen molar-refractivity contribution in [3.05, 3.63) is 89.9 Å². The maximum atomic E-state index is 14.4. The Bertz CT molecular complexity index is 1430. The summed E-state index contributed by atoms with van der Waals surface area (Å²) in [6.45, 7) is 6.34. The van der Waals surface area contributed by atoms with E-state index in [0.29, 0.717) is 25.4 Å². The topological polar surface area (TPSA) is 70.8 Å². The van der Waals surface area contributed by atoms with E-state index in [1.165, 1.54) is 5.56 Å². The number of para-hydroxylation sites is 1. The van der Waals surface area contributed by atoms with Crippen LogP contribution in [-0.2, 0) is 24.9 Å². The summed E-state index contributed by atoms with van der Waals surface area (Å²) in [5, 5.41) is 11.2. The molecule has 3 heterocycles. The molecule has 1 amide bonds. The number of pyridine rings is 1. The molecule has 204 valence electrons. The molecule has 7 heteroatoms. The predicted molar refractivity (Wildman–Crippen MR) is 154 cm³/mol. The molecule has 0 radical (unpaired) electrons. The largest absolute Gasteiger partial charge is 0.394 e. The minimum Gasteiger partial charge on any atom is -0.394 e. The molecule has 39 heavy (non-hydrogen) atoms. The number of hydrogen-bond acceptors (Lipinski definition) is 5. The van der Waals surface area contributed by atoms with Crippen molar-refractivity contribution in [2.45, 2.75) is 39.1 Å². The molecule has 1 N–H and O–H groups in total. The van der Waals surface area contributed by atoms with E-state index in [-0.39, 0.29) is 30.6 Å². The molecule has 0 unspecified atom stereocenters. The van der Waals surface area contributed by atoms with Gasteiger partial charge in [0.15, 0.2) is 0 Å². The second-order valence-corrected chi connectivity index (χ2v) is 10.8. The summed E-state index contributed by atoms with van der Waals surface area (Å²) in [5.74, 6) is -0.0380. The van der Waals surface area contributed by atoms with Gasteiger partial charge in [0.05, 0.1) is 25.4 Å². The number of fused-ring (bicyclic) bond motifs is 5. The standard InChI is InChI=1S/C32H38N4O3/c1-22-17-36(23(2)20-37)32(38)31-30(27-11-7-8-12-28(27)35(31)4)26-10-6-5-9-25(26)21-39-29(22)19-34(3)18-24-13-15-33-16-14-24/h5-16,22-23,29,37H,17-21H2,1-4H3/t22-,23-,29+/m1/s1. The van der Waals surface area contributed by atoms with Gasteiger partial charge in [-0.15, -0.1) is 0 Å². The normalized spacial score (nSPS) is 19.0. The Balaban J connectivity index is 1.58. The van der Waals surface area contributed by atoms with Crippen LogP contribution < -0.4 is 0 Å². The van der Waals surface area contributed by atoms with Crippen LogP contribution in [-0.4, -0.2) is 69.3 Å². The molecule has 7 nitrogen and oxygen atoms in total. The molecule has 0 bridgehead atoms. The van der Waals surface area contributed by atoms with Crippen molar-refractivity contribution in [1.82, 2.24) is 19.4 Å². The van der Waals surface area contributed by atoms with Crippen molar-refractivity contribution >= 4 is 16.8 Å². The fourth-order valence-electron chi connectivity index (χ4n) is 5.70. The van der Waals surface area contributed by atoms with Gasteiger partial charge in [-0.1, -0.05) is 49.4 Å². The molecule has 5 rings (SSSR count). The van der Waals surface area contributed by atoms with Crippen LogP contribution >= 0.6 is 0 Å². The van der Waals surface area contributed by atoms with Crippen molar-refractivity contribution in [1.29, 1.82) is 0 Å². The van der Waals surface area contributed by atoms with Crippen LogP contribution in [0.2, 0.25) is 0 Å². The van der Waals surface area contributed by atoms with E-state index in [9.17, 15) is 9.90 Å². The maximum absolute atomic E-state index is 14.4. The maximum Gasteiger partial charge on any atom is 0.271 e. The number of rotatable bonds is 6. The number of hydrogen-bond donors (Lipinski definition) is 1. The highest BCUT2D eigenvalue weighted by Gasteiger charge is 2.33. The third-order valence-corrected chi connectivity index (χ3v) is 7.92. The van der Waals surface area contributed by atoms with Gasteiger partial charge < -0.3 is 19.3 Å². The predicted octanol–water partition coefficient (Wildman–Crippen LogP) is 4.73. The summed E-state index contributed by atoms with van der Waals surface area (Å²) in [6.07, 6.45) is 3.50. The van der Waals surface area contributed by atoms with Gasteiger partial charge in [-0.05, 0) is 48.9 Å². The number of nitrogens with zero attached hydrogens (tertiary/aromatic N) is 4. The average molecular weight is 527 g/mol. The summed E-state index contributed by atoms with van der Waals surface area (Å²) in [6, 6.07) is 20.1. The van der Waals surface area contributed by atoms with E-state index >= 15 is 0 Å². The van der Waals surface area contributed by atoms with E-state index in [2.05, 4.69) is 48.1 Å². The van der Waals surface area contributed by atoms with Gasteiger partial charge in [-0.25, -0.2) is 0 Å². The molecule has 0 spiro atoms. The van der Waals surface area contributed by atoms with Crippen molar-refractivity contribution in [3.63, 3.8) is 0 Å². The van der Waals surface area contributed by atoms with Crippen LogP contribution in [0.15, 0.2) is 73.1 Å². The van der Waals surface area contributed by atoms with Gasteiger partial charge in [-0.3, -0.25) is 14.7 Å². The quantitative estimate of drug-likeness (QED) is 0.393. The van der Waals surface area contributed by atoms with Gasteiger partial charge in [0, 0.05) is 61.5 Å². The van der Waals surface area contributed by atoms with E-state index in [0.717, 1.165) is 34.1 Å². The van der Waals surface area contributed by atoms with Crippen LogP contribution in [0.5, 0.6) is 0 Å². The van der Waals surface area contributed by atoms with Crippen molar-refractivity contribution < 1.29 is 14.6 Å². The van der Waals surface area contributed by atoms with Crippen molar-refractivity contribution in [2.24, 2.45) is 13.0 Å². The molecule has 2 aromatic heterocycles. The number of likely N-dealkylation sites (N-methyl/N-ethyl adjacent to an activating group) is 1. The minimum atomic E-state index is -0.336. The first-order valence-corrected chi connectivity index (χ1v) is 13.7. The van der Waals surface area contributed by atoms with Gasteiger partial charge in [-0.2, -0.15) is 0 Å². The van der Waals surface area contributed by atoms with Crippen LogP contribution in [0.25, 0.3) is 22.0 Å². The molecule has 0 fully saturated rings. The van der Waals surface area contributed by atoms with Crippen molar-refractivity contribution in [3.8, 4) is 11.1 Å². The molecular formula is C32H38N4O3. The first-order chi connectivity index (χ1) is 18.9. The Labute approximate surface area is 230 Å². The number of ether oxygens (including phenoxy) is 1. The van der Waals surface area contributed by atoms with Crippen LogP contribution in [0.3, 0.4) is 0 Å². The lowest BCUT2D eigenvalue weighted by Crippen LogP contribution is -2.47. The summed E-state index contributed by atoms with van der Waals surface area (Å²) < 4.78 is 8.69. The van der Waals surface area contributed by atoms with E-state index < -0.39 is 0 Å². The number of benzene rings is 2. The molecule has 1 aliphatic heterocycles. The Hall–Kier alpha value is -3.52. The Morgan fingerprint density at radius 1 is 1.10 bits per heavy atom. The van der Waals surface area contributed by atoms with E-state index in [1.54, 1.807) is 0 Å². The van der Waals surface area contributed by atoms with Crippen LogP contribution in [0.1, 0.15) is 35.5 Å². The Morgan fingerprint density at radius 2 is 1.82 bits per heavy atom. The van der Waals surface area contributed by atoms with E-state index in [4.69, 9.17) is 4.74 Å². The zero-order valence-corrected chi connectivity index (χ0v) is 23.2. The van der Waals surface area contributed by atoms with Crippen LogP contribution in [0, 0.1) is 5.92 Å². The molecular weight excluding hydrogens is 488 g/mol. The first kappa shape index (κ1) is 27.1. The number of carbonyl (C=O) groups excluding carboxylic acids is 1. The highest BCUT2D eigenvalue weighted by Crippen LogP contribution is 2.38.